The van der Waals surface area contributed by atoms with Crippen LogP contribution in [0, 0.1) is 11.3 Å². The number of urea groups is 2. The number of amides is 4. The number of ether oxygens (including phenoxy) is 1. The molecule has 41 heavy (non-hydrogen) atoms. The molecule has 0 radical (unpaired) electrons. The van der Waals surface area contributed by atoms with Gasteiger partial charge in [-0.15, -0.1) is 0 Å². The van der Waals surface area contributed by atoms with Crippen molar-refractivity contribution in [3.8, 4) is 17.2 Å². The van der Waals surface area contributed by atoms with E-state index in [0.717, 1.165) is 16.8 Å². The third-order valence-electron chi connectivity index (χ3n) is 5.98. The van der Waals surface area contributed by atoms with Gasteiger partial charge in [-0.05, 0) is 41.0 Å². The van der Waals surface area contributed by atoms with Crippen LogP contribution in [0.2, 0.25) is 0 Å². The number of rotatable bonds is 10. The van der Waals surface area contributed by atoms with Crippen LogP contribution in [0.3, 0.4) is 0 Å². The third-order valence-corrected chi connectivity index (χ3v) is 5.98. The molecule has 0 unspecified atom stereocenters. The lowest BCUT2D eigenvalue weighted by Crippen LogP contribution is -2.45. The van der Waals surface area contributed by atoms with E-state index in [1.807, 2.05) is 66.7 Å². The number of benzene rings is 3. The fraction of sp³-hybridized carbons (Fsp3) is 0.107. The third kappa shape index (κ3) is 7.11. The maximum absolute atomic E-state index is 12.1. The molecule has 3 aromatic carbocycles. The smallest absolute Gasteiger partial charge is 0.336 e. The van der Waals surface area contributed by atoms with Gasteiger partial charge in [-0.25, -0.2) is 31.3 Å². The number of nitrogens with one attached hydrogen (secondary N) is 1. The Morgan fingerprint density at radius 2 is 1.49 bits per heavy atom. The Labute approximate surface area is 235 Å². The van der Waals surface area contributed by atoms with Crippen LogP contribution in [-0.4, -0.2) is 22.0 Å². The van der Waals surface area contributed by atoms with Crippen LogP contribution in [0.4, 0.5) is 27.0 Å². The van der Waals surface area contributed by atoms with Crippen molar-refractivity contribution >= 4 is 29.5 Å². The highest BCUT2D eigenvalue weighted by Crippen LogP contribution is 2.33. The normalized spacial score (nSPS) is 10.5. The lowest BCUT2D eigenvalue weighted by Gasteiger charge is -2.22. The predicted octanol–water partition coefficient (Wildman–Crippen LogP) is 2.86. The number of carbonyl (C=O) groups is 2. The van der Waals surface area contributed by atoms with E-state index in [1.54, 1.807) is 12.1 Å². The molecule has 0 spiro atoms. The van der Waals surface area contributed by atoms with E-state index in [0.29, 0.717) is 33.3 Å². The second kappa shape index (κ2) is 13.0. The van der Waals surface area contributed by atoms with E-state index in [4.69, 9.17) is 33.2 Å². The predicted molar refractivity (Wildman–Crippen MR) is 153 cm³/mol. The minimum atomic E-state index is -1.03. The van der Waals surface area contributed by atoms with Gasteiger partial charge in [-0.1, -0.05) is 54.6 Å². The zero-order valence-electron chi connectivity index (χ0n) is 21.9. The minimum Gasteiger partial charge on any atom is -0.381 e. The van der Waals surface area contributed by atoms with Gasteiger partial charge in [0, 0.05) is 12.2 Å². The van der Waals surface area contributed by atoms with Gasteiger partial charge in [0.2, 0.25) is 0 Å². The van der Waals surface area contributed by atoms with Gasteiger partial charge < -0.3 is 21.5 Å². The van der Waals surface area contributed by atoms with Crippen LogP contribution in [0.5, 0.6) is 0 Å². The second-order valence-electron chi connectivity index (χ2n) is 8.80. The van der Waals surface area contributed by atoms with Crippen LogP contribution >= 0.6 is 0 Å². The summed E-state index contributed by atoms with van der Waals surface area (Å²) in [6.45, 7) is 0.722. The molecular formula is C28H28N10O3. The molecule has 13 nitrogen and oxygen atoms in total. The van der Waals surface area contributed by atoms with Crippen LogP contribution in [-0.2, 0) is 24.5 Å². The molecule has 4 aromatic rings. The molecule has 1 aromatic heterocycles. The molecule has 13 heteroatoms. The Morgan fingerprint density at radius 3 is 2.10 bits per heavy atom. The molecule has 9 N–H and O–H groups in total. The maximum Gasteiger partial charge on any atom is 0.336 e. The standard InChI is InChI=1S/C28H28N10O3/c29-14-18-8-12-22(13-9-18)34-15-19-6-10-21(11-7-19)24-23(17-41-16-20-4-2-1-3-5-20)35-28(38(33)27(31)40)36-25(24)37(32)26(30)39/h1-13,34H,15-17,32-33H2,(H2,30,39)(H2,31,40). The summed E-state index contributed by atoms with van der Waals surface area (Å²) in [5, 5.41) is 13.4. The Hall–Kier alpha value is -5.55. The largest absolute Gasteiger partial charge is 0.381 e. The summed E-state index contributed by atoms with van der Waals surface area (Å²) in [7, 11) is 0. The van der Waals surface area contributed by atoms with Crippen LogP contribution in [0.25, 0.3) is 11.1 Å². The Morgan fingerprint density at radius 1 is 0.829 bits per heavy atom. The summed E-state index contributed by atoms with van der Waals surface area (Å²) >= 11 is 0. The number of primary amides is 2. The van der Waals surface area contributed by atoms with Gasteiger partial charge in [-0.2, -0.15) is 15.3 Å². The number of hydrazine groups is 2. The van der Waals surface area contributed by atoms with Gasteiger partial charge in [0.1, 0.15) is 0 Å². The van der Waals surface area contributed by atoms with Gasteiger partial charge in [0.15, 0.2) is 5.82 Å². The van der Waals surface area contributed by atoms with Crippen molar-refractivity contribution in [1.82, 2.24) is 9.97 Å². The van der Waals surface area contributed by atoms with E-state index in [1.165, 1.54) is 0 Å². The van der Waals surface area contributed by atoms with E-state index in [2.05, 4.69) is 21.4 Å². The molecule has 0 saturated carbocycles. The number of nitriles is 1. The number of nitrogens with two attached hydrogens (primary N) is 4. The van der Waals surface area contributed by atoms with Gasteiger partial charge >= 0.3 is 12.1 Å². The Balaban J connectivity index is 1.68. The van der Waals surface area contributed by atoms with Crippen molar-refractivity contribution in [3.05, 3.63) is 101 Å². The first-order chi connectivity index (χ1) is 19.8. The molecule has 4 rings (SSSR count). The quantitative estimate of drug-likeness (QED) is 0.111. The van der Waals surface area contributed by atoms with Crippen molar-refractivity contribution in [3.63, 3.8) is 0 Å². The highest BCUT2D eigenvalue weighted by molar-refractivity contribution is 5.95. The summed E-state index contributed by atoms with van der Waals surface area (Å²) in [5.74, 6) is 11.4. The monoisotopic (exact) mass is 552 g/mol. The SMILES string of the molecule is N#Cc1ccc(NCc2ccc(-c3c(COCc4ccccc4)nc(N(N)C(N)=O)nc3N(N)C(N)=O)cc2)cc1. The van der Waals surface area contributed by atoms with Crippen molar-refractivity contribution in [2.45, 2.75) is 19.8 Å². The van der Waals surface area contributed by atoms with Crippen molar-refractivity contribution < 1.29 is 14.3 Å². The van der Waals surface area contributed by atoms with Crippen LogP contribution in [0.15, 0.2) is 78.9 Å². The number of carbonyl (C=O) groups excluding carboxylic acids is 2. The summed E-state index contributed by atoms with van der Waals surface area (Å²) in [6.07, 6.45) is 0. The number of anilines is 3. The molecule has 0 aliphatic heterocycles. The number of hydrogen-bond acceptors (Lipinski definition) is 9. The molecule has 0 aliphatic carbocycles. The van der Waals surface area contributed by atoms with Gasteiger partial charge in [0.25, 0.3) is 5.95 Å². The van der Waals surface area contributed by atoms with Crippen molar-refractivity contribution in [2.75, 3.05) is 15.3 Å². The average molecular weight is 553 g/mol. The molecule has 0 saturated heterocycles. The topological polar surface area (TPSA) is 216 Å². The van der Waals surface area contributed by atoms with E-state index >= 15 is 0 Å². The van der Waals surface area contributed by atoms with E-state index < -0.39 is 12.1 Å². The average Bonchev–Trinajstić information content (AvgIpc) is 3.00. The lowest BCUT2D eigenvalue weighted by atomic mass is 10.0. The highest BCUT2D eigenvalue weighted by Gasteiger charge is 2.25. The summed E-state index contributed by atoms with van der Waals surface area (Å²) in [5.41, 5.74) is 15.4. The molecule has 1 heterocycles. The van der Waals surface area contributed by atoms with E-state index in [9.17, 15) is 9.59 Å². The lowest BCUT2D eigenvalue weighted by molar-refractivity contribution is 0.105. The molecule has 0 fully saturated rings. The zero-order chi connectivity index (χ0) is 29.4. The fourth-order valence-electron chi connectivity index (χ4n) is 3.86. The van der Waals surface area contributed by atoms with Crippen LogP contribution in [0.1, 0.15) is 22.4 Å². The molecule has 0 bridgehead atoms. The highest BCUT2D eigenvalue weighted by atomic mass is 16.5. The first-order valence-electron chi connectivity index (χ1n) is 12.3. The summed E-state index contributed by atoms with van der Waals surface area (Å²) in [6, 6.07) is 24.0. The summed E-state index contributed by atoms with van der Waals surface area (Å²) < 4.78 is 5.91. The Bertz CT molecular complexity index is 1560. The van der Waals surface area contributed by atoms with Gasteiger partial charge in [-0.3, -0.25) is 0 Å². The van der Waals surface area contributed by atoms with Crippen molar-refractivity contribution in [1.29, 1.82) is 5.26 Å². The Kier molecular flexibility index (Phi) is 9.02. The van der Waals surface area contributed by atoms with Gasteiger partial charge in [0.05, 0.1) is 36.1 Å². The number of hydrogen-bond donors (Lipinski definition) is 5. The maximum atomic E-state index is 12.1. The van der Waals surface area contributed by atoms with Crippen LogP contribution < -0.4 is 38.5 Å². The summed E-state index contributed by atoms with van der Waals surface area (Å²) in [4.78, 5) is 32.5. The minimum absolute atomic E-state index is 0.0477. The fourth-order valence-corrected chi connectivity index (χ4v) is 3.86. The number of aromatic nitrogens is 2. The van der Waals surface area contributed by atoms with E-state index in [-0.39, 0.29) is 30.7 Å². The molecule has 0 aliphatic rings. The number of nitrogens with zero attached hydrogens (tertiary/aromatic N) is 5. The molecule has 4 amide bonds. The second-order valence-corrected chi connectivity index (χ2v) is 8.80. The molecule has 0 atom stereocenters. The first-order valence-corrected chi connectivity index (χ1v) is 12.3. The molecular weight excluding hydrogens is 524 g/mol. The zero-order valence-corrected chi connectivity index (χ0v) is 21.9. The van der Waals surface area contributed by atoms with Crippen molar-refractivity contribution in [2.24, 2.45) is 23.2 Å². The molecule has 208 valence electrons. The first kappa shape index (κ1) is 28.5.